The first-order valence-electron chi connectivity index (χ1n) is 10.3. The second kappa shape index (κ2) is 10.4. The standard InChI is InChI=1S/C19H33N5O5/c1-12(2)21-19(28)23-9-10-24(17(26)14-5-7-20-8-6-14)15(11-23)16(25)22-13(3)18(27)29-4/h12-15,20H,5-11H2,1-4H3,(H,21,28)(H,22,25)/p+1/t13-,15+/m1/s1. The number of hydrogen-bond acceptors (Lipinski definition) is 5. The van der Waals surface area contributed by atoms with Crippen LogP contribution in [0.5, 0.6) is 0 Å². The molecule has 0 saturated carbocycles. The predicted molar refractivity (Wildman–Crippen MR) is 105 cm³/mol. The van der Waals surface area contributed by atoms with Crippen molar-refractivity contribution in [2.24, 2.45) is 5.92 Å². The van der Waals surface area contributed by atoms with Gasteiger partial charge in [-0.25, -0.2) is 9.59 Å². The maximum Gasteiger partial charge on any atom is 0.328 e. The Bertz CT molecular complexity index is 620. The normalized spacial score (nSPS) is 21.5. The molecule has 10 heteroatoms. The van der Waals surface area contributed by atoms with Gasteiger partial charge in [-0.3, -0.25) is 9.59 Å². The number of quaternary nitrogens is 1. The van der Waals surface area contributed by atoms with Crippen molar-refractivity contribution >= 4 is 23.8 Å². The Kier molecular flexibility index (Phi) is 8.24. The molecule has 0 spiro atoms. The topological polar surface area (TPSA) is 125 Å². The van der Waals surface area contributed by atoms with Crippen LogP contribution in [0.15, 0.2) is 0 Å². The molecule has 2 atom stereocenters. The lowest BCUT2D eigenvalue weighted by atomic mass is 9.95. The lowest BCUT2D eigenvalue weighted by molar-refractivity contribution is -0.664. The van der Waals surface area contributed by atoms with Crippen LogP contribution >= 0.6 is 0 Å². The van der Waals surface area contributed by atoms with Gasteiger partial charge >= 0.3 is 12.0 Å². The van der Waals surface area contributed by atoms with Crippen LogP contribution in [0.25, 0.3) is 0 Å². The molecule has 2 saturated heterocycles. The van der Waals surface area contributed by atoms with E-state index in [-0.39, 0.29) is 37.0 Å². The number of piperidine rings is 1. The monoisotopic (exact) mass is 412 g/mol. The van der Waals surface area contributed by atoms with Crippen LogP contribution in [-0.2, 0) is 19.1 Å². The third kappa shape index (κ3) is 6.06. The Morgan fingerprint density at radius 3 is 2.28 bits per heavy atom. The summed E-state index contributed by atoms with van der Waals surface area (Å²) in [6.45, 7) is 7.77. The fraction of sp³-hybridized carbons (Fsp3) is 0.789. The van der Waals surface area contributed by atoms with E-state index in [1.807, 2.05) is 13.8 Å². The molecule has 29 heavy (non-hydrogen) atoms. The van der Waals surface area contributed by atoms with E-state index in [1.165, 1.54) is 14.0 Å². The van der Waals surface area contributed by atoms with Crippen LogP contribution < -0.4 is 16.0 Å². The third-order valence-corrected chi connectivity index (χ3v) is 5.37. The smallest absolute Gasteiger partial charge is 0.328 e. The fourth-order valence-corrected chi connectivity index (χ4v) is 3.75. The Hall–Kier alpha value is -2.36. The number of nitrogens with zero attached hydrogens (tertiary/aromatic N) is 2. The molecule has 0 aromatic rings. The SMILES string of the molecule is COC(=O)[C@@H](C)NC(=O)[C@@H]1CN(C(=O)NC(C)C)CCN1C(=O)C1CC[NH2+]CC1. The van der Waals surface area contributed by atoms with Crippen molar-refractivity contribution in [3.05, 3.63) is 0 Å². The molecular formula is C19H34N5O5+. The van der Waals surface area contributed by atoms with Crippen LogP contribution in [0.3, 0.4) is 0 Å². The summed E-state index contributed by atoms with van der Waals surface area (Å²) in [4.78, 5) is 53.3. The average Bonchev–Trinajstić information content (AvgIpc) is 2.72. The lowest BCUT2D eigenvalue weighted by Gasteiger charge is -2.42. The Labute approximate surface area is 171 Å². The molecule has 4 N–H and O–H groups in total. The first kappa shape index (κ1) is 22.9. The van der Waals surface area contributed by atoms with Gasteiger partial charge in [0.05, 0.1) is 26.7 Å². The minimum atomic E-state index is -0.841. The number of rotatable bonds is 5. The number of nitrogens with two attached hydrogens (primary N) is 1. The first-order chi connectivity index (χ1) is 13.7. The van der Waals surface area contributed by atoms with Gasteiger partial charge in [0.2, 0.25) is 11.8 Å². The van der Waals surface area contributed by atoms with Crippen molar-refractivity contribution in [3.63, 3.8) is 0 Å². The fourth-order valence-electron chi connectivity index (χ4n) is 3.75. The second-order valence-electron chi connectivity index (χ2n) is 7.99. The lowest BCUT2D eigenvalue weighted by Crippen LogP contribution is -2.86. The molecule has 0 aliphatic carbocycles. The van der Waals surface area contributed by atoms with E-state index >= 15 is 0 Å². The summed E-state index contributed by atoms with van der Waals surface area (Å²) in [7, 11) is 1.25. The molecule has 0 aromatic carbocycles. The van der Waals surface area contributed by atoms with Crippen LogP contribution in [0.2, 0.25) is 0 Å². The van der Waals surface area contributed by atoms with Gasteiger partial charge in [0.1, 0.15) is 12.1 Å². The van der Waals surface area contributed by atoms with E-state index in [0.29, 0.717) is 6.54 Å². The third-order valence-electron chi connectivity index (χ3n) is 5.37. The van der Waals surface area contributed by atoms with Crippen molar-refractivity contribution in [2.75, 3.05) is 39.8 Å². The number of nitrogens with one attached hydrogen (secondary N) is 2. The van der Waals surface area contributed by atoms with Crippen LogP contribution in [-0.4, -0.2) is 91.6 Å². The number of esters is 1. The highest BCUT2D eigenvalue weighted by Crippen LogP contribution is 2.19. The van der Waals surface area contributed by atoms with Gasteiger partial charge in [-0.15, -0.1) is 0 Å². The van der Waals surface area contributed by atoms with E-state index in [9.17, 15) is 19.2 Å². The van der Waals surface area contributed by atoms with Crippen LogP contribution in [0.1, 0.15) is 33.6 Å². The average molecular weight is 413 g/mol. The number of methoxy groups -OCH3 is 1. The number of carbonyl (C=O) groups excluding carboxylic acids is 4. The minimum Gasteiger partial charge on any atom is -0.467 e. The second-order valence-corrected chi connectivity index (χ2v) is 7.99. The quantitative estimate of drug-likeness (QED) is 0.463. The van der Waals surface area contributed by atoms with E-state index in [0.717, 1.165) is 25.9 Å². The molecule has 2 aliphatic heterocycles. The molecule has 10 nitrogen and oxygen atoms in total. The van der Waals surface area contributed by atoms with Gasteiger partial charge in [-0.2, -0.15) is 0 Å². The number of urea groups is 1. The van der Waals surface area contributed by atoms with Gasteiger partial charge in [-0.05, 0) is 20.8 Å². The molecule has 2 aliphatic rings. The maximum atomic E-state index is 13.1. The van der Waals surface area contributed by atoms with Gasteiger partial charge in [0.15, 0.2) is 0 Å². The largest absolute Gasteiger partial charge is 0.467 e. The Balaban J connectivity index is 2.15. The van der Waals surface area contributed by atoms with Crippen LogP contribution in [0.4, 0.5) is 4.79 Å². The highest BCUT2D eigenvalue weighted by atomic mass is 16.5. The summed E-state index contributed by atoms with van der Waals surface area (Å²) in [6.07, 6.45) is 1.56. The number of hydrogen-bond donors (Lipinski definition) is 3. The summed E-state index contributed by atoms with van der Waals surface area (Å²) in [5, 5.41) is 7.62. The molecule has 4 amide bonds. The number of ether oxygens (including phenoxy) is 1. The van der Waals surface area contributed by atoms with Gasteiger partial charge in [-0.1, -0.05) is 0 Å². The van der Waals surface area contributed by atoms with Crippen molar-refractivity contribution < 1.29 is 29.2 Å². The molecule has 2 rings (SSSR count). The van der Waals surface area contributed by atoms with Gasteiger partial charge < -0.3 is 30.5 Å². The summed E-state index contributed by atoms with van der Waals surface area (Å²) in [6, 6.07) is -1.98. The zero-order valence-electron chi connectivity index (χ0n) is 17.8. The highest BCUT2D eigenvalue weighted by molar-refractivity contribution is 5.92. The van der Waals surface area contributed by atoms with E-state index < -0.39 is 24.0 Å². The first-order valence-corrected chi connectivity index (χ1v) is 10.3. The van der Waals surface area contributed by atoms with Crippen molar-refractivity contribution in [1.82, 2.24) is 20.4 Å². The van der Waals surface area contributed by atoms with E-state index in [4.69, 9.17) is 0 Å². The van der Waals surface area contributed by atoms with Gasteiger partial charge in [0, 0.05) is 37.9 Å². The number of piperazine rings is 1. The predicted octanol–water partition coefficient (Wildman–Crippen LogP) is -1.73. The Morgan fingerprint density at radius 2 is 1.69 bits per heavy atom. The molecule has 2 heterocycles. The van der Waals surface area contributed by atoms with Crippen molar-refractivity contribution in [2.45, 2.75) is 51.7 Å². The zero-order chi connectivity index (χ0) is 21.6. The van der Waals surface area contributed by atoms with Gasteiger partial charge in [0.25, 0.3) is 0 Å². The summed E-state index contributed by atoms with van der Waals surface area (Å²) >= 11 is 0. The number of amides is 4. The molecule has 2 fully saturated rings. The minimum absolute atomic E-state index is 0.0349. The summed E-state index contributed by atoms with van der Waals surface area (Å²) in [5.41, 5.74) is 0. The molecule has 0 unspecified atom stereocenters. The van der Waals surface area contributed by atoms with Crippen LogP contribution in [0, 0.1) is 5.92 Å². The van der Waals surface area contributed by atoms with E-state index in [1.54, 1.807) is 9.80 Å². The highest BCUT2D eigenvalue weighted by Gasteiger charge is 2.40. The molecule has 0 aromatic heterocycles. The summed E-state index contributed by atoms with van der Waals surface area (Å²) in [5.74, 6) is -1.18. The van der Waals surface area contributed by atoms with Crippen molar-refractivity contribution in [1.29, 1.82) is 0 Å². The molecule has 0 radical (unpaired) electrons. The zero-order valence-corrected chi connectivity index (χ0v) is 17.8. The molecule has 164 valence electrons. The van der Waals surface area contributed by atoms with E-state index in [2.05, 4.69) is 20.7 Å². The summed E-state index contributed by atoms with van der Waals surface area (Å²) < 4.78 is 4.66. The Morgan fingerprint density at radius 1 is 1.03 bits per heavy atom. The molecule has 0 bridgehead atoms. The number of carbonyl (C=O) groups is 4. The maximum absolute atomic E-state index is 13.1. The molecular weight excluding hydrogens is 378 g/mol. The van der Waals surface area contributed by atoms with Crippen molar-refractivity contribution in [3.8, 4) is 0 Å².